The van der Waals surface area contributed by atoms with Gasteiger partial charge in [-0.1, -0.05) is 12.0 Å². The molecule has 2 saturated heterocycles. The van der Waals surface area contributed by atoms with E-state index < -0.39 is 17.6 Å². The standard InChI is InChI=1S/C34H38F3N9O/c1-42(2)28-10-12-45(13-11-28)32-9-8-31-39-22-29(46(31)41-32)7-4-24-18-26(21-38-20-24)33(47)40-27-6-5-25(30(19-27)34(35,36)37)23-44-16-14-43(3)15-17-44/h5-6,8-9,18-22,28H,10-17,23H2,1-3H3,(H,40,47). The van der Waals surface area contributed by atoms with Crippen molar-refractivity contribution in [1.82, 2.24) is 34.3 Å². The normalized spacial score (nSPS) is 16.8. The SMILES string of the molecule is CN1CCN(Cc2ccc(NC(=O)c3cncc(C#Cc4cnc5ccc(N6CCC(N(C)C)CC6)nn45)c3)cc2C(F)(F)F)CC1. The monoisotopic (exact) mass is 645 g/mol. The lowest BCUT2D eigenvalue weighted by atomic mass is 10.0. The Balaban J connectivity index is 1.15. The number of likely N-dealkylation sites (N-methyl/N-ethyl adjacent to an activating group) is 1. The fourth-order valence-electron chi connectivity index (χ4n) is 6.00. The molecule has 0 saturated carbocycles. The Labute approximate surface area is 272 Å². The van der Waals surface area contributed by atoms with E-state index in [-0.39, 0.29) is 23.4 Å². The maximum absolute atomic E-state index is 14.0. The van der Waals surface area contributed by atoms with Crippen molar-refractivity contribution in [1.29, 1.82) is 0 Å². The molecule has 47 heavy (non-hydrogen) atoms. The summed E-state index contributed by atoms with van der Waals surface area (Å²) in [5.41, 5.74) is 1.37. The molecular formula is C34H38F3N9O. The number of fused-ring (bicyclic) bond motifs is 1. The van der Waals surface area contributed by atoms with Crippen LogP contribution in [0.3, 0.4) is 0 Å². The van der Waals surface area contributed by atoms with E-state index >= 15 is 0 Å². The number of alkyl halides is 3. The van der Waals surface area contributed by atoms with E-state index in [9.17, 15) is 18.0 Å². The topological polar surface area (TPSA) is 85.1 Å². The van der Waals surface area contributed by atoms with E-state index in [1.165, 1.54) is 24.5 Å². The van der Waals surface area contributed by atoms with E-state index in [0.717, 1.165) is 50.9 Å². The number of rotatable bonds is 6. The average molecular weight is 646 g/mol. The molecule has 6 rings (SSSR count). The third-order valence-electron chi connectivity index (χ3n) is 8.87. The number of halogens is 3. The van der Waals surface area contributed by atoms with Gasteiger partial charge in [0.2, 0.25) is 0 Å². The van der Waals surface area contributed by atoms with Crippen LogP contribution in [0.5, 0.6) is 0 Å². The van der Waals surface area contributed by atoms with E-state index in [1.54, 1.807) is 16.8 Å². The number of pyridine rings is 1. The highest BCUT2D eigenvalue weighted by atomic mass is 19.4. The molecule has 5 heterocycles. The van der Waals surface area contributed by atoms with Gasteiger partial charge in [0.25, 0.3) is 5.91 Å². The number of piperidine rings is 1. The number of anilines is 2. The molecule has 2 aliphatic heterocycles. The van der Waals surface area contributed by atoms with Crippen molar-refractivity contribution in [2.24, 2.45) is 0 Å². The lowest BCUT2D eigenvalue weighted by Crippen LogP contribution is -2.44. The third kappa shape index (κ3) is 7.73. The second-order valence-electron chi connectivity index (χ2n) is 12.4. The third-order valence-corrected chi connectivity index (χ3v) is 8.87. The van der Waals surface area contributed by atoms with Gasteiger partial charge in [-0.25, -0.2) is 9.50 Å². The molecule has 1 aromatic carbocycles. The van der Waals surface area contributed by atoms with Gasteiger partial charge >= 0.3 is 6.18 Å². The number of carbonyl (C=O) groups is 1. The first-order valence-corrected chi connectivity index (χ1v) is 15.7. The summed E-state index contributed by atoms with van der Waals surface area (Å²) in [6.45, 7) is 5.03. The Morgan fingerprint density at radius 2 is 1.74 bits per heavy atom. The second-order valence-corrected chi connectivity index (χ2v) is 12.4. The number of piperazine rings is 1. The number of aromatic nitrogens is 4. The minimum absolute atomic E-state index is 0.0551. The Bertz CT molecular complexity index is 1790. The number of hydrogen-bond donors (Lipinski definition) is 1. The van der Waals surface area contributed by atoms with Crippen molar-refractivity contribution >= 4 is 23.1 Å². The molecule has 13 heteroatoms. The number of carbonyl (C=O) groups excluding carboxylic acids is 1. The summed E-state index contributed by atoms with van der Waals surface area (Å²) < 4.78 is 43.8. The smallest absolute Gasteiger partial charge is 0.355 e. The van der Waals surface area contributed by atoms with E-state index in [1.807, 2.05) is 24.1 Å². The predicted octanol–water partition coefficient (Wildman–Crippen LogP) is 4.07. The Hall–Kier alpha value is -4.51. The summed E-state index contributed by atoms with van der Waals surface area (Å²) in [7, 11) is 6.22. The Kier molecular flexibility index (Phi) is 9.45. The molecule has 0 unspecified atom stereocenters. The highest BCUT2D eigenvalue weighted by Gasteiger charge is 2.34. The molecule has 1 amide bonds. The molecule has 0 bridgehead atoms. The molecule has 2 aliphatic rings. The van der Waals surface area contributed by atoms with Gasteiger partial charge in [0.15, 0.2) is 5.65 Å². The summed E-state index contributed by atoms with van der Waals surface area (Å²) in [4.78, 5) is 30.3. The number of benzene rings is 1. The van der Waals surface area contributed by atoms with Crippen LogP contribution in [0.25, 0.3) is 5.65 Å². The lowest BCUT2D eigenvalue weighted by molar-refractivity contribution is -0.138. The van der Waals surface area contributed by atoms with Crippen molar-refractivity contribution in [3.63, 3.8) is 0 Å². The molecule has 4 aromatic rings. The van der Waals surface area contributed by atoms with Crippen molar-refractivity contribution in [2.75, 3.05) is 70.6 Å². The van der Waals surface area contributed by atoms with Crippen LogP contribution < -0.4 is 10.2 Å². The number of hydrogen-bond acceptors (Lipinski definition) is 8. The number of nitrogens with one attached hydrogen (secondary N) is 1. The molecule has 0 radical (unpaired) electrons. The van der Waals surface area contributed by atoms with Gasteiger partial charge in [-0.2, -0.15) is 13.2 Å². The number of imidazole rings is 1. The Morgan fingerprint density at radius 3 is 2.47 bits per heavy atom. The first-order chi connectivity index (χ1) is 22.5. The van der Waals surface area contributed by atoms with Crippen LogP contribution in [0.4, 0.5) is 24.7 Å². The molecule has 0 atom stereocenters. The van der Waals surface area contributed by atoms with Crippen LogP contribution in [-0.2, 0) is 12.7 Å². The summed E-state index contributed by atoms with van der Waals surface area (Å²) in [6, 6.07) is 9.95. The summed E-state index contributed by atoms with van der Waals surface area (Å²) >= 11 is 0. The molecular weight excluding hydrogens is 607 g/mol. The maximum Gasteiger partial charge on any atom is 0.416 e. The molecule has 246 valence electrons. The van der Waals surface area contributed by atoms with Crippen molar-refractivity contribution in [3.8, 4) is 11.8 Å². The molecule has 2 fully saturated rings. The van der Waals surface area contributed by atoms with Gasteiger partial charge in [-0.3, -0.25) is 14.7 Å². The second kappa shape index (κ2) is 13.7. The summed E-state index contributed by atoms with van der Waals surface area (Å²) in [5, 5.41) is 7.40. The summed E-state index contributed by atoms with van der Waals surface area (Å²) in [6.07, 6.45) is 2.09. The zero-order valence-corrected chi connectivity index (χ0v) is 26.8. The van der Waals surface area contributed by atoms with E-state index in [2.05, 4.69) is 55.9 Å². The zero-order chi connectivity index (χ0) is 33.1. The van der Waals surface area contributed by atoms with Gasteiger partial charge in [0, 0.05) is 75.5 Å². The van der Waals surface area contributed by atoms with Gasteiger partial charge in [0.1, 0.15) is 11.5 Å². The lowest BCUT2D eigenvalue weighted by Gasteiger charge is -2.35. The number of nitrogens with zero attached hydrogens (tertiary/aromatic N) is 8. The Morgan fingerprint density at radius 1 is 0.979 bits per heavy atom. The first-order valence-electron chi connectivity index (χ1n) is 15.7. The maximum atomic E-state index is 14.0. The van der Waals surface area contributed by atoms with Crippen LogP contribution in [-0.4, -0.2) is 107 Å². The van der Waals surface area contributed by atoms with Gasteiger partial charge in [-0.15, -0.1) is 5.10 Å². The zero-order valence-electron chi connectivity index (χ0n) is 26.8. The fraction of sp³-hybridized carbons (Fsp3) is 0.412. The highest BCUT2D eigenvalue weighted by Crippen LogP contribution is 2.35. The molecule has 3 aromatic heterocycles. The minimum Gasteiger partial charge on any atom is -0.355 e. The minimum atomic E-state index is -4.56. The van der Waals surface area contributed by atoms with Crippen molar-refractivity contribution in [2.45, 2.75) is 31.6 Å². The van der Waals surface area contributed by atoms with Crippen molar-refractivity contribution in [3.05, 3.63) is 82.9 Å². The predicted molar refractivity (Wildman–Crippen MR) is 174 cm³/mol. The van der Waals surface area contributed by atoms with Crippen molar-refractivity contribution < 1.29 is 18.0 Å². The quantitative estimate of drug-likeness (QED) is 0.315. The van der Waals surface area contributed by atoms with Gasteiger partial charge in [0.05, 0.1) is 17.3 Å². The largest absolute Gasteiger partial charge is 0.416 e. The molecule has 10 nitrogen and oxygen atoms in total. The van der Waals surface area contributed by atoms with Gasteiger partial charge in [-0.05, 0) is 75.8 Å². The van der Waals surface area contributed by atoms with Crippen LogP contribution in [0.1, 0.15) is 45.6 Å². The fourth-order valence-corrected chi connectivity index (χ4v) is 6.00. The van der Waals surface area contributed by atoms with Gasteiger partial charge < -0.3 is 20.0 Å². The summed E-state index contributed by atoms with van der Waals surface area (Å²) in [5.74, 6) is 6.38. The molecule has 1 N–H and O–H groups in total. The van der Waals surface area contributed by atoms with Crippen LogP contribution in [0, 0.1) is 11.8 Å². The van der Waals surface area contributed by atoms with Crippen LogP contribution >= 0.6 is 0 Å². The first kappa shape index (κ1) is 32.4. The average Bonchev–Trinajstić information content (AvgIpc) is 3.47. The molecule has 0 spiro atoms. The van der Waals surface area contributed by atoms with E-state index in [0.29, 0.717) is 36.0 Å². The molecule has 0 aliphatic carbocycles. The highest BCUT2D eigenvalue weighted by molar-refractivity contribution is 6.04. The number of amides is 1. The van der Waals surface area contributed by atoms with Crippen LogP contribution in [0.2, 0.25) is 0 Å². The van der Waals surface area contributed by atoms with Crippen LogP contribution in [0.15, 0.2) is 55.0 Å². The van der Waals surface area contributed by atoms with E-state index in [4.69, 9.17) is 5.10 Å².